The van der Waals surface area contributed by atoms with Crippen LogP contribution in [0.3, 0.4) is 0 Å². The van der Waals surface area contributed by atoms with Crippen LogP contribution in [0.15, 0.2) is 63.9 Å². The third-order valence-electron chi connectivity index (χ3n) is 4.89. The van der Waals surface area contributed by atoms with Crippen LogP contribution in [0.1, 0.15) is 16.3 Å². The molecule has 4 rings (SSSR count). The summed E-state index contributed by atoms with van der Waals surface area (Å²) in [7, 11) is -3.60. The number of benzene rings is 2. The third-order valence-corrected chi connectivity index (χ3v) is 7.61. The molecule has 174 valence electrons. The van der Waals surface area contributed by atoms with E-state index in [0.29, 0.717) is 53.5 Å². The number of carbonyl (C=O) groups is 1. The second kappa shape index (κ2) is 10.1. The molecule has 1 N–H and O–H groups in total. The van der Waals surface area contributed by atoms with Crippen LogP contribution in [0.25, 0.3) is 0 Å². The fourth-order valence-electron chi connectivity index (χ4n) is 3.16. The first-order valence-corrected chi connectivity index (χ1v) is 12.2. The average Bonchev–Trinajstić information content (AvgIpc) is 3.30. The van der Waals surface area contributed by atoms with Gasteiger partial charge in [-0.05, 0) is 48.5 Å². The molecule has 1 aliphatic heterocycles. The molecule has 3 aromatic rings. The van der Waals surface area contributed by atoms with Gasteiger partial charge >= 0.3 is 0 Å². The monoisotopic (exact) mass is 510 g/mol. The van der Waals surface area contributed by atoms with Gasteiger partial charge in [-0.15, -0.1) is 0 Å². The van der Waals surface area contributed by atoms with E-state index in [4.69, 9.17) is 37.1 Å². The Morgan fingerprint density at radius 3 is 2.48 bits per heavy atom. The number of nitrogens with zero attached hydrogens (tertiary/aromatic N) is 1. The molecule has 8 nitrogen and oxygen atoms in total. The molecule has 1 fully saturated rings. The maximum atomic E-state index is 12.7. The summed E-state index contributed by atoms with van der Waals surface area (Å²) in [5, 5.41) is 3.35. The van der Waals surface area contributed by atoms with Gasteiger partial charge in [-0.25, -0.2) is 8.42 Å². The molecule has 0 radical (unpaired) electrons. The molecular formula is C22H20Cl2N2O6S. The lowest BCUT2D eigenvalue weighted by Gasteiger charge is -2.26. The molecule has 0 atom stereocenters. The lowest BCUT2D eigenvalue weighted by molar-refractivity contribution is 0.0730. The highest BCUT2D eigenvalue weighted by Crippen LogP contribution is 2.32. The van der Waals surface area contributed by atoms with E-state index in [1.54, 1.807) is 24.3 Å². The largest absolute Gasteiger partial charge is 0.484 e. The highest BCUT2D eigenvalue weighted by molar-refractivity contribution is 7.89. The van der Waals surface area contributed by atoms with E-state index in [1.165, 1.54) is 34.6 Å². The first-order chi connectivity index (χ1) is 15.8. The number of amides is 1. The number of nitrogens with one attached hydrogen (secondary N) is 1. The summed E-state index contributed by atoms with van der Waals surface area (Å²) in [6.07, 6.45) is 0. The molecular weight excluding hydrogens is 491 g/mol. The van der Waals surface area contributed by atoms with E-state index in [9.17, 15) is 13.2 Å². The fourth-order valence-corrected chi connectivity index (χ4v) is 4.92. The summed E-state index contributed by atoms with van der Waals surface area (Å²) in [5.74, 6) is 0.420. The molecule has 11 heteroatoms. The standard InChI is InChI=1S/C22H20Cl2N2O6S/c23-18-2-1-3-19(21(18)24)31-14-16-6-9-20(32-16)22(27)25-15-4-7-17(8-5-15)33(28,29)26-10-12-30-13-11-26/h1-9H,10-14H2,(H,25,27). The van der Waals surface area contributed by atoms with Crippen molar-refractivity contribution in [1.82, 2.24) is 4.31 Å². The van der Waals surface area contributed by atoms with Gasteiger partial charge in [0.2, 0.25) is 10.0 Å². The summed E-state index contributed by atoms with van der Waals surface area (Å²) in [6.45, 7) is 1.43. The van der Waals surface area contributed by atoms with Crippen molar-refractivity contribution in [3.8, 4) is 5.75 Å². The summed E-state index contributed by atoms with van der Waals surface area (Å²) in [5.41, 5.74) is 0.431. The normalized spacial score (nSPS) is 14.7. The molecule has 1 aromatic heterocycles. The number of furan rings is 1. The fraction of sp³-hybridized carbons (Fsp3) is 0.227. The Morgan fingerprint density at radius 1 is 1.03 bits per heavy atom. The molecule has 1 amide bonds. The second-order valence-corrected chi connectivity index (χ2v) is 9.82. The van der Waals surface area contributed by atoms with E-state index < -0.39 is 15.9 Å². The predicted molar refractivity (Wildman–Crippen MR) is 123 cm³/mol. The van der Waals surface area contributed by atoms with E-state index in [2.05, 4.69) is 5.32 Å². The van der Waals surface area contributed by atoms with Crippen LogP contribution in [-0.4, -0.2) is 44.9 Å². The molecule has 33 heavy (non-hydrogen) atoms. The lowest BCUT2D eigenvalue weighted by Crippen LogP contribution is -2.40. The molecule has 2 heterocycles. The van der Waals surface area contributed by atoms with E-state index in [0.717, 1.165) is 0 Å². The zero-order chi connectivity index (χ0) is 23.4. The van der Waals surface area contributed by atoms with Crippen molar-refractivity contribution in [3.63, 3.8) is 0 Å². The second-order valence-electron chi connectivity index (χ2n) is 7.10. The van der Waals surface area contributed by atoms with Crippen LogP contribution in [-0.2, 0) is 21.4 Å². The average molecular weight is 511 g/mol. The zero-order valence-electron chi connectivity index (χ0n) is 17.3. The first-order valence-electron chi connectivity index (χ1n) is 9.99. The predicted octanol–water partition coefficient (Wildman–Crippen LogP) is 4.44. The number of sulfonamides is 1. The number of rotatable bonds is 7. The number of hydrogen-bond acceptors (Lipinski definition) is 6. The summed E-state index contributed by atoms with van der Waals surface area (Å²) >= 11 is 12.1. The Morgan fingerprint density at radius 2 is 1.76 bits per heavy atom. The van der Waals surface area contributed by atoms with Crippen LogP contribution in [0.5, 0.6) is 5.75 Å². The van der Waals surface area contributed by atoms with Gasteiger partial charge in [0, 0.05) is 18.8 Å². The zero-order valence-corrected chi connectivity index (χ0v) is 19.6. The van der Waals surface area contributed by atoms with Crippen LogP contribution in [0.2, 0.25) is 10.0 Å². The number of hydrogen-bond donors (Lipinski definition) is 1. The molecule has 0 bridgehead atoms. The molecule has 0 saturated carbocycles. The van der Waals surface area contributed by atoms with Crippen molar-refractivity contribution >= 4 is 44.8 Å². The maximum Gasteiger partial charge on any atom is 0.291 e. The van der Waals surface area contributed by atoms with Crippen molar-refractivity contribution in [2.75, 3.05) is 31.6 Å². The van der Waals surface area contributed by atoms with Gasteiger partial charge in [-0.2, -0.15) is 4.31 Å². The summed E-state index contributed by atoms with van der Waals surface area (Å²) in [4.78, 5) is 12.7. The van der Waals surface area contributed by atoms with Gasteiger partial charge in [0.15, 0.2) is 5.76 Å². The highest BCUT2D eigenvalue weighted by atomic mass is 35.5. The van der Waals surface area contributed by atoms with Crippen molar-refractivity contribution in [3.05, 3.63) is 76.2 Å². The summed E-state index contributed by atoms with van der Waals surface area (Å²) in [6, 6.07) is 14.1. The van der Waals surface area contributed by atoms with Crippen molar-refractivity contribution in [2.24, 2.45) is 0 Å². The molecule has 1 aliphatic rings. The van der Waals surface area contributed by atoms with Crippen molar-refractivity contribution in [1.29, 1.82) is 0 Å². The number of ether oxygens (including phenoxy) is 2. The van der Waals surface area contributed by atoms with Gasteiger partial charge in [-0.3, -0.25) is 4.79 Å². The van der Waals surface area contributed by atoms with Crippen molar-refractivity contribution in [2.45, 2.75) is 11.5 Å². The minimum absolute atomic E-state index is 0.0570. The smallest absolute Gasteiger partial charge is 0.291 e. The van der Waals surface area contributed by atoms with Crippen LogP contribution < -0.4 is 10.1 Å². The minimum Gasteiger partial charge on any atom is -0.484 e. The Hall–Kier alpha value is -2.56. The van der Waals surface area contributed by atoms with Gasteiger partial charge in [0.05, 0.1) is 23.1 Å². The number of morpholine rings is 1. The molecule has 0 unspecified atom stereocenters. The minimum atomic E-state index is -3.60. The Bertz CT molecular complexity index is 1240. The molecule has 1 saturated heterocycles. The van der Waals surface area contributed by atoms with E-state index in [-0.39, 0.29) is 17.3 Å². The Balaban J connectivity index is 1.36. The third kappa shape index (κ3) is 5.51. The molecule has 2 aromatic carbocycles. The number of halogens is 2. The maximum absolute atomic E-state index is 12.7. The topological polar surface area (TPSA) is 98.1 Å². The van der Waals surface area contributed by atoms with E-state index in [1.807, 2.05) is 0 Å². The number of carbonyl (C=O) groups excluding carboxylic acids is 1. The Kier molecular flexibility index (Phi) is 7.26. The number of anilines is 1. The Labute approximate surface area is 201 Å². The van der Waals surface area contributed by atoms with Gasteiger partial charge in [-0.1, -0.05) is 29.3 Å². The summed E-state index contributed by atoms with van der Waals surface area (Å²) < 4.78 is 43.1. The first kappa shape index (κ1) is 23.6. The quantitative estimate of drug-likeness (QED) is 0.504. The van der Waals surface area contributed by atoms with Gasteiger partial charge in [0.25, 0.3) is 5.91 Å². The highest BCUT2D eigenvalue weighted by Gasteiger charge is 2.26. The van der Waals surface area contributed by atoms with Crippen molar-refractivity contribution < 1.29 is 27.1 Å². The van der Waals surface area contributed by atoms with E-state index >= 15 is 0 Å². The van der Waals surface area contributed by atoms with Crippen LogP contribution in [0.4, 0.5) is 5.69 Å². The SMILES string of the molecule is O=C(Nc1ccc(S(=O)(=O)N2CCOCC2)cc1)c1ccc(COc2cccc(Cl)c2Cl)o1. The van der Waals surface area contributed by atoms with Gasteiger partial charge < -0.3 is 19.2 Å². The van der Waals surface area contributed by atoms with Crippen LogP contribution >= 0.6 is 23.2 Å². The molecule has 0 spiro atoms. The van der Waals surface area contributed by atoms with Gasteiger partial charge in [0.1, 0.15) is 23.1 Å². The lowest BCUT2D eigenvalue weighted by atomic mass is 10.3. The molecule has 0 aliphatic carbocycles. The van der Waals surface area contributed by atoms with Crippen LogP contribution in [0, 0.1) is 0 Å².